The van der Waals surface area contributed by atoms with Gasteiger partial charge in [-0.25, -0.2) is 0 Å². The molecule has 3 nitrogen and oxygen atoms in total. The first-order valence-electron chi connectivity index (χ1n) is 12.2. The SMILES string of the molecule is C=CN1C=CN(CCOCCCCCCCCCCCCCCCCCC)C1. The minimum Gasteiger partial charge on any atom is -0.380 e. The quantitative estimate of drug-likeness (QED) is 0.189. The molecule has 1 aliphatic rings. The third-order valence-electron chi connectivity index (χ3n) is 5.71. The summed E-state index contributed by atoms with van der Waals surface area (Å²) >= 11 is 0. The lowest BCUT2D eigenvalue weighted by Gasteiger charge is -2.18. The Bertz CT molecular complexity index is 370. The van der Waals surface area contributed by atoms with E-state index in [2.05, 4.69) is 35.7 Å². The van der Waals surface area contributed by atoms with E-state index in [1.807, 2.05) is 6.20 Å². The summed E-state index contributed by atoms with van der Waals surface area (Å²) in [5, 5.41) is 0. The van der Waals surface area contributed by atoms with Gasteiger partial charge in [-0.05, 0) is 12.6 Å². The zero-order valence-electron chi connectivity index (χ0n) is 18.9. The third-order valence-corrected chi connectivity index (χ3v) is 5.71. The summed E-state index contributed by atoms with van der Waals surface area (Å²) in [7, 11) is 0. The first-order valence-corrected chi connectivity index (χ1v) is 12.2. The van der Waals surface area contributed by atoms with Crippen molar-refractivity contribution in [3.63, 3.8) is 0 Å². The van der Waals surface area contributed by atoms with Crippen LogP contribution in [0.4, 0.5) is 0 Å². The molecule has 1 rings (SSSR count). The molecule has 0 unspecified atom stereocenters. The van der Waals surface area contributed by atoms with E-state index >= 15 is 0 Å². The predicted molar refractivity (Wildman–Crippen MR) is 123 cm³/mol. The van der Waals surface area contributed by atoms with Crippen LogP contribution in [0.15, 0.2) is 25.2 Å². The molecule has 0 saturated carbocycles. The average Bonchev–Trinajstić information content (AvgIpc) is 3.18. The molecule has 0 saturated heterocycles. The molecule has 164 valence electrons. The Balaban J connectivity index is 1.67. The van der Waals surface area contributed by atoms with Crippen molar-refractivity contribution in [1.82, 2.24) is 9.80 Å². The number of hydrogen-bond acceptors (Lipinski definition) is 3. The average molecular weight is 393 g/mol. The van der Waals surface area contributed by atoms with E-state index in [0.29, 0.717) is 0 Å². The molecular weight excluding hydrogens is 344 g/mol. The first kappa shape index (κ1) is 25.1. The van der Waals surface area contributed by atoms with Gasteiger partial charge in [-0.3, -0.25) is 0 Å². The lowest BCUT2D eigenvalue weighted by molar-refractivity contribution is 0.110. The fourth-order valence-electron chi connectivity index (χ4n) is 3.78. The van der Waals surface area contributed by atoms with Crippen LogP contribution in [-0.2, 0) is 4.74 Å². The van der Waals surface area contributed by atoms with E-state index in [1.54, 1.807) is 0 Å². The molecule has 1 heterocycles. The predicted octanol–water partition coefficient (Wildman–Crippen LogP) is 7.45. The van der Waals surface area contributed by atoms with E-state index in [4.69, 9.17) is 4.74 Å². The standard InChI is InChI=1S/C25H48N2O/c1-3-5-6-7-8-9-10-11-12-13-14-15-16-17-18-19-23-28-24-22-27-21-20-26(4-2)25-27/h4,20-21H,2-3,5-19,22-25H2,1H3. The van der Waals surface area contributed by atoms with Crippen LogP contribution in [0.1, 0.15) is 110 Å². The van der Waals surface area contributed by atoms with Gasteiger partial charge in [-0.2, -0.15) is 0 Å². The second kappa shape index (κ2) is 19.4. The van der Waals surface area contributed by atoms with Gasteiger partial charge in [0.2, 0.25) is 0 Å². The highest BCUT2D eigenvalue weighted by Gasteiger charge is 2.08. The number of hydrogen-bond donors (Lipinski definition) is 0. The Kier molecular flexibility index (Phi) is 17.3. The van der Waals surface area contributed by atoms with Gasteiger partial charge in [0.05, 0.1) is 13.3 Å². The van der Waals surface area contributed by atoms with Crippen molar-refractivity contribution in [3.05, 3.63) is 25.2 Å². The highest BCUT2D eigenvalue weighted by Crippen LogP contribution is 2.13. The van der Waals surface area contributed by atoms with Crippen LogP contribution in [-0.4, -0.2) is 36.2 Å². The lowest BCUT2D eigenvalue weighted by atomic mass is 10.0. The van der Waals surface area contributed by atoms with Gasteiger partial charge in [-0.1, -0.05) is 110 Å². The van der Waals surface area contributed by atoms with E-state index in [9.17, 15) is 0 Å². The van der Waals surface area contributed by atoms with Crippen molar-refractivity contribution in [2.75, 3.05) is 26.4 Å². The molecule has 28 heavy (non-hydrogen) atoms. The summed E-state index contributed by atoms with van der Waals surface area (Å²) in [5.74, 6) is 0. The molecule has 0 aliphatic carbocycles. The van der Waals surface area contributed by atoms with E-state index in [-0.39, 0.29) is 0 Å². The minimum atomic E-state index is 0.827. The molecule has 3 heteroatoms. The summed E-state index contributed by atoms with van der Waals surface area (Å²) < 4.78 is 5.76. The molecule has 0 aromatic heterocycles. The molecule has 0 fully saturated rings. The molecule has 0 N–H and O–H groups in total. The van der Waals surface area contributed by atoms with Crippen LogP contribution >= 0.6 is 0 Å². The monoisotopic (exact) mass is 392 g/mol. The van der Waals surface area contributed by atoms with Gasteiger partial charge in [0.25, 0.3) is 0 Å². The molecule has 0 aromatic rings. The lowest BCUT2D eigenvalue weighted by Crippen LogP contribution is -2.25. The van der Waals surface area contributed by atoms with Crippen molar-refractivity contribution in [3.8, 4) is 0 Å². The van der Waals surface area contributed by atoms with Gasteiger partial charge >= 0.3 is 0 Å². The topological polar surface area (TPSA) is 15.7 Å². The minimum absolute atomic E-state index is 0.827. The van der Waals surface area contributed by atoms with Crippen molar-refractivity contribution in [2.24, 2.45) is 0 Å². The fraction of sp³-hybridized carbons (Fsp3) is 0.840. The summed E-state index contributed by atoms with van der Waals surface area (Å²) in [6, 6.07) is 0. The Morgan fingerprint density at radius 3 is 1.68 bits per heavy atom. The molecule has 0 bridgehead atoms. The number of ether oxygens (including phenoxy) is 1. The summed E-state index contributed by atoms with van der Waals surface area (Å²) in [6.07, 6.45) is 28.7. The highest BCUT2D eigenvalue weighted by atomic mass is 16.5. The molecule has 1 aliphatic heterocycles. The maximum atomic E-state index is 5.76. The molecule has 0 spiro atoms. The van der Waals surface area contributed by atoms with E-state index < -0.39 is 0 Å². The Morgan fingerprint density at radius 2 is 1.21 bits per heavy atom. The van der Waals surface area contributed by atoms with Crippen LogP contribution < -0.4 is 0 Å². The number of nitrogens with zero attached hydrogens (tertiary/aromatic N) is 2. The highest BCUT2D eigenvalue weighted by molar-refractivity contribution is 4.94. The second-order valence-corrected chi connectivity index (χ2v) is 8.36. The van der Waals surface area contributed by atoms with Crippen molar-refractivity contribution in [2.45, 2.75) is 110 Å². The van der Waals surface area contributed by atoms with Gasteiger partial charge < -0.3 is 14.5 Å². The van der Waals surface area contributed by atoms with Crippen LogP contribution in [0.2, 0.25) is 0 Å². The first-order chi connectivity index (χ1) is 13.9. The summed E-state index contributed by atoms with van der Waals surface area (Å²) in [4.78, 5) is 4.34. The molecule has 0 atom stereocenters. The van der Waals surface area contributed by atoms with Gasteiger partial charge in [-0.15, -0.1) is 0 Å². The number of rotatable bonds is 21. The normalized spacial score (nSPS) is 13.6. The van der Waals surface area contributed by atoms with Crippen LogP contribution in [0, 0.1) is 0 Å². The van der Waals surface area contributed by atoms with Gasteiger partial charge in [0.15, 0.2) is 0 Å². The Hall–Kier alpha value is -0.960. The van der Waals surface area contributed by atoms with E-state index in [1.165, 1.54) is 103 Å². The third kappa shape index (κ3) is 15.0. The molecule has 0 radical (unpaired) electrons. The van der Waals surface area contributed by atoms with Crippen LogP contribution in [0.25, 0.3) is 0 Å². The fourth-order valence-corrected chi connectivity index (χ4v) is 3.78. The zero-order valence-corrected chi connectivity index (χ0v) is 18.9. The smallest absolute Gasteiger partial charge is 0.0936 e. The maximum absolute atomic E-state index is 5.76. The van der Waals surface area contributed by atoms with Crippen molar-refractivity contribution >= 4 is 0 Å². The van der Waals surface area contributed by atoms with E-state index in [0.717, 1.165) is 26.4 Å². The Labute approximate surface area is 176 Å². The zero-order chi connectivity index (χ0) is 20.1. The Morgan fingerprint density at radius 1 is 0.714 bits per heavy atom. The van der Waals surface area contributed by atoms with Crippen molar-refractivity contribution < 1.29 is 4.74 Å². The largest absolute Gasteiger partial charge is 0.380 e. The van der Waals surface area contributed by atoms with Gasteiger partial charge in [0.1, 0.15) is 0 Å². The van der Waals surface area contributed by atoms with Crippen LogP contribution in [0.5, 0.6) is 0 Å². The van der Waals surface area contributed by atoms with Crippen molar-refractivity contribution in [1.29, 1.82) is 0 Å². The van der Waals surface area contributed by atoms with Gasteiger partial charge in [0, 0.05) is 25.6 Å². The second-order valence-electron chi connectivity index (χ2n) is 8.36. The molecular formula is C25H48N2O. The summed E-state index contributed by atoms with van der Waals surface area (Å²) in [6.45, 7) is 9.70. The van der Waals surface area contributed by atoms with Crippen LogP contribution in [0.3, 0.4) is 0 Å². The summed E-state index contributed by atoms with van der Waals surface area (Å²) in [5.41, 5.74) is 0. The molecule has 0 aromatic carbocycles. The molecule has 0 amide bonds. The number of unbranched alkanes of at least 4 members (excludes halogenated alkanes) is 15. The maximum Gasteiger partial charge on any atom is 0.0936 e.